The minimum absolute atomic E-state index is 0.0000446. The molecule has 7 nitrogen and oxygen atoms in total. The van der Waals surface area contributed by atoms with Gasteiger partial charge in [-0.15, -0.1) is 6.58 Å². The lowest BCUT2D eigenvalue weighted by atomic mass is 9.90. The van der Waals surface area contributed by atoms with E-state index in [9.17, 15) is 14.4 Å². The molecule has 1 rings (SSSR count). The first kappa shape index (κ1) is 24.2. The summed E-state index contributed by atoms with van der Waals surface area (Å²) in [6.45, 7) is 11.6. The van der Waals surface area contributed by atoms with Crippen LogP contribution in [0.25, 0.3) is 0 Å². The zero-order chi connectivity index (χ0) is 21.8. The van der Waals surface area contributed by atoms with Gasteiger partial charge in [0.15, 0.2) is 5.75 Å². The normalized spacial score (nSPS) is 12.6. The number of benzene rings is 1. The van der Waals surface area contributed by atoms with E-state index in [1.165, 1.54) is 11.1 Å². The third kappa shape index (κ3) is 8.37. The van der Waals surface area contributed by atoms with Gasteiger partial charge in [-0.05, 0) is 31.9 Å². The molecular weight excluding hydrogens is 372 g/mol. The smallest absolute Gasteiger partial charge is 0.308 e. The first-order chi connectivity index (χ1) is 13.8. The quantitative estimate of drug-likeness (QED) is 0.329. The van der Waals surface area contributed by atoms with Crippen molar-refractivity contribution in [3.63, 3.8) is 0 Å². The van der Waals surface area contributed by atoms with Gasteiger partial charge in [0.05, 0.1) is 25.6 Å². The highest BCUT2D eigenvalue weighted by molar-refractivity contribution is 5.86. The predicted octanol–water partition coefficient (Wildman–Crippen LogP) is 3.12. The van der Waals surface area contributed by atoms with Crippen molar-refractivity contribution in [3.05, 3.63) is 43.0 Å². The van der Waals surface area contributed by atoms with Crippen LogP contribution in [-0.2, 0) is 19.1 Å². The molecule has 0 aliphatic carbocycles. The highest BCUT2D eigenvalue weighted by atomic mass is 16.7. The van der Waals surface area contributed by atoms with Crippen molar-refractivity contribution in [2.75, 3.05) is 13.2 Å². The number of para-hydroxylation sites is 1. The molecule has 2 unspecified atom stereocenters. The van der Waals surface area contributed by atoms with E-state index in [0.29, 0.717) is 12.3 Å². The number of esters is 1. The van der Waals surface area contributed by atoms with Crippen LogP contribution >= 0.6 is 0 Å². The number of rotatable bonds is 12. The molecule has 0 fully saturated rings. The third-order valence-corrected chi connectivity index (χ3v) is 4.36. The maximum absolute atomic E-state index is 12.8. The van der Waals surface area contributed by atoms with Gasteiger partial charge in [-0.2, -0.15) is 5.06 Å². The van der Waals surface area contributed by atoms with E-state index in [4.69, 9.17) is 9.57 Å². The average molecular weight is 405 g/mol. The maximum atomic E-state index is 12.8. The molecule has 29 heavy (non-hydrogen) atoms. The predicted molar refractivity (Wildman–Crippen MR) is 111 cm³/mol. The van der Waals surface area contributed by atoms with Crippen molar-refractivity contribution in [2.24, 2.45) is 11.8 Å². The lowest BCUT2D eigenvalue weighted by Crippen LogP contribution is -2.43. The molecule has 2 amide bonds. The molecule has 0 aliphatic rings. The van der Waals surface area contributed by atoms with E-state index < -0.39 is 17.9 Å². The van der Waals surface area contributed by atoms with Crippen LogP contribution in [0.4, 0.5) is 0 Å². The van der Waals surface area contributed by atoms with Crippen molar-refractivity contribution in [1.29, 1.82) is 0 Å². The number of nitrogens with one attached hydrogen (secondary N) is 1. The van der Waals surface area contributed by atoms with Crippen LogP contribution in [0.5, 0.6) is 5.75 Å². The first-order valence-corrected chi connectivity index (χ1v) is 9.94. The number of carbonyl (C=O) groups excluding carboxylic acids is 3. The molecule has 0 heterocycles. The fourth-order valence-electron chi connectivity index (χ4n) is 2.70. The monoisotopic (exact) mass is 404 g/mol. The standard InChI is InChI=1S/C22H32N2O5/c1-6-17(14-21(26)28-8-3)23-22(27)19(16(4)5)15-20(25)24(7-2)29-18-12-10-9-11-13-18/h6,9-13,16-17,19H,1,7-8,14-15H2,2-5H3,(H,23,27). The van der Waals surface area contributed by atoms with Crippen molar-refractivity contribution in [1.82, 2.24) is 10.4 Å². The van der Waals surface area contributed by atoms with E-state index in [1.54, 1.807) is 26.0 Å². The molecule has 0 spiro atoms. The Morgan fingerprint density at radius 2 is 1.79 bits per heavy atom. The number of hydrogen-bond acceptors (Lipinski definition) is 5. The Morgan fingerprint density at radius 3 is 2.31 bits per heavy atom. The Kier molecular flexibility index (Phi) is 10.5. The van der Waals surface area contributed by atoms with Gasteiger partial charge in [0.1, 0.15) is 0 Å². The molecule has 1 N–H and O–H groups in total. The minimum atomic E-state index is -0.569. The molecule has 0 saturated heterocycles. The second kappa shape index (κ2) is 12.6. The Hall–Kier alpha value is -2.83. The highest BCUT2D eigenvalue weighted by Crippen LogP contribution is 2.19. The molecule has 1 aromatic rings. The van der Waals surface area contributed by atoms with Crippen molar-refractivity contribution in [3.8, 4) is 5.75 Å². The van der Waals surface area contributed by atoms with E-state index in [1.807, 2.05) is 32.0 Å². The molecule has 0 radical (unpaired) electrons. The largest absolute Gasteiger partial charge is 0.466 e. The SMILES string of the molecule is C=CC(CC(=O)OCC)NC(=O)C(CC(=O)N(CC)Oc1ccccc1)C(C)C. The zero-order valence-electron chi connectivity index (χ0n) is 17.7. The fourth-order valence-corrected chi connectivity index (χ4v) is 2.70. The maximum Gasteiger partial charge on any atom is 0.308 e. The molecule has 7 heteroatoms. The average Bonchev–Trinajstić information content (AvgIpc) is 2.70. The minimum Gasteiger partial charge on any atom is -0.466 e. The lowest BCUT2D eigenvalue weighted by molar-refractivity contribution is -0.159. The highest BCUT2D eigenvalue weighted by Gasteiger charge is 2.29. The molecule has 160 valence electrons. The summed E-state index contributed by atoms with van der Waals surface area (Å²) >= 11 is 0. The summed E-state index contributed by atoms with van der Waals surface area (Å²) in [5, 5.41) is 4.03. The third-order valence-electron chi connectivity index (χ3n) is 4.36. The molecule has 1 aromatic carbocycles. The molecule has 0 aliphatic heterocycles. The van der Waals surface area contributed by atoms with E-state index in [-0.39, 0.29) is 37.2 Å². The number of carbonyl (C=O) groups is 3. The number of ether oxygens (including phenoxy) is 1. The Bertz CT molecular complexity index is 675. The molecule has 2 atom stereocenters. The van der Waals surface area contributed by atoms with E-state index >= 15 is 0 Å². The van der Waals surface area contributed by atoms with Crippen LogP contribution in [0.2, 0.25) is 0 Å². The van der Waals surface area contributed by atoms with Crippen LogP contribution in [-0.4, -0.2) is 42.0 Å². The van der Waals surface area contributed by atoms with E-state index in [2.05, 4.69) is 11.9 Å². The number of hydrogen-bond donors (Lipinski definition) is 1. The summed E-state index contributed by atoms with van der Waals surface area (Å²) in [5.41, 5.74) is 0. The summed E-state index contributed by atoms with van der Waals surface area (Å²) in [4.78, 5) is 42.8. The van der Waals surface area contributed by atoms with Crippen LogP contribution in [0, 0.1) is 11.8 Å². The second-order valence-corrected chi connectivity index (χ2v) is 6.91. The summed E-state index contributed by atoms with van der Waals surface area (Å²) in [6.07, 6.45) is 1.48. The summed E-state index contributed by atoms with van der Waals surface area (Å²) in [5.74, 6) is -1.11. The summed E-state index contributed by atoms with van der Waals surface area (Å²) in [6, 6.07) is 8.45. The Morgan fingerprint density at radius 1 is 1.14 bits per heavy atom. The van der Waals surface area contributed by atoms with E-state index in [0.717, 1.165) is 0 Å². The van der Waals surface area contributed by atoms with Gasteiger partial charge < -0.3 is 14.9 Å². The fraction of sp³-hybridized carbons (Fsp3) is 0.500. The lowest BCUT2D eigenvalue weighted by Gasteiger charge is -2.26. The van der Waals surface area contributed by atoms with Crippen molar-refractivity contribution < 1.29 is 24.0 Å². The van der Waals surface area contributed by atoms with Gasteiger partial charge in [-0.25, -0.2) is 0 Å². The van der Waals surface area contributed by atoms with Crippen molar-refractivity contribution >= 4 is 17.8 Å². The van der Waals surface area contributed by atoms with Gasteiger partial charge in [-0.3, -0.25) is 14.4 Å². The molecule has 0 bridgehead atoms. The van der Waals surface area contributed by atoms with Gasteiger partial charge in [-0.1, -0.05) is 38.1 Å². The molecular formula is C22H32N2O5. The van der Waals surface area contributed by atoms with Gasteiger partial charge in [0, 0.05) is 12.3 Å². The van der Waals surface area contributed by atoms with Crippen LogP contribution < -0.4 is 10.2 Å². The first-order valence-electron chi connectivity index (χ1n) is 9.94. The van der Waals surface area contributed by atoms with Crippen LogP contribution in [0.3, 0.4) is 0 Å². The molecule has 0 aromatic heterocycles. The molecule has 0 saturated carbocycles. The number of hydroxylamine groups is 2. The summed E-state index contributed by atoms with van der Waals surface area (Å²) < 4.78 is 4.92. The number of nitrogens with zero attached hydrogens (tertiary/aromatic N) is 1. The van der Waals surface area contributed by atoms with Gasteiger partial charge >= 0.3 is 5.97 Å². The zero-order valence-corrected chi connectivity index (χ0v) is 17.7. The van der Waals surface area contributed by atoms with Gasteiger partial charge in [0.25, 0.3) is 5.91 Å². The summed E-state index contributed by atoms with van der Waals surface area (Å²) in [7, 11) is 0. The Balaban J connectivity index is 2.76. The van der Waals surface area contributed by atoms with Crippen LogP contribution in [0.1, 0.15) is 40.5 Å². The number of amides is 2. The van der Waals surface area contributed by atoms with Crippen LogP contribution in [0.15, 0.2) is 43.0 Å². The van der Waals surface area contributed by atoms with Gasteiger partial charge in [0.2, 0.25) is 5.91 Å². The van der Waals surface area contributed by atoms with Crippen molar-refractivity contribution in [2.45, 2.75) is 46.6 Å². The Labute approximate surface area is 173 Å². The topological polar surface area (TPSA) is 84.9 Å². The second-order valence-electron chi connectivity index (χ2n) is 6.91.